The topological polar surface area (TPSA) is 96.0 Å². The summed E-state index contributed by atoms with van der Waals surface area (Å²) in [5.41, 5.74) is 0.981. The van der Waals surface area contributed by atoms with Crippen LogP contribution in [0.4, 0.5) is 5.69 Å². The Morgan fingerprint density at radius 2 is 1.68 bits per heavy atom. The molecule has 0 aromatic heterocycles. The highest BCUT2D eigenvalue weighted by Gasteiger charge is 2.34. The average Bonchev–Trinajstić information content (AvgIpc) is 2.95. The summed E-state index contributed by atoms with van der Waals surface area (Å²) in [4.78, 5) is 28.6. The summed E-state index contributed by atoms with van der Waals surface area (Å²) in [7, 11) is -4.25. The predicted octanol–water partition coefficient (Wildman–Crippen LogP) is 6.03. The lowest BCUT2D eigenvalue weighted by Gasteiger charge is -2.33. The van der Waals surface area contributed by atoms with Crippen LogP contribution in [-0.4, -0.2) is 50.4 Å². The van der Waals surface area contributed by atoms with Crippen molar-refractivity contribution in [1.29, 1.82) is 0 Å². The molecule has 0 saturated carbocycles. The van der Waals surface area contributed by atoms with E-state index in [0.29, 0.717) is 17.4 Å². The molecule has 3 rings (SSSR count). The number of ether oxygens (including phenoxy) is 1. The van der Waals surface area contributed by atoms with Crippen LogP contribution < -0.4 is 14.4 Å². The summed E-state index contributed by atoms with van der Waals surface area (Å²) < 4.78 is 35.6. The van der Waals surface area contributed by atoms with Gasteiger partial charge in [-0.15, -0.1) is 0 Å². The van der Waals surface area contributed by atoms with Crippen molar-refractivity contribution in [3.05, 3.63) is 87.9 Å². The van der Waals surface area contributed by atoms with E-state index in [1.165, 1.54) is 29.2 Å². The molecule has 8 nitrogen and oxygen atoms in total. The van der Waals surface area contributed by atoms with Crippen LogP contribution in [-0.2, 0) is 26.2 Å². The maximum absolute atomic E-state index is 14.1. The van der Waals surface area contributed by atoms with Gasteiger partial charge >= 0.3 is 0 Å². The molecule has 0 spiro atoms. The molecule has 1 N–H and O–H groups in total. The van der Waals surface area contributed by atoms with Gasteiger partial charge in [0.2, 0.25) is 11.8 Å². The number of nitrogens with one attached hydrogen (secondary N) is 1. The highest BCUT2D eigenvalue weighted by molar-refractivity contribution is 9.10. The molecule has 2 atom stereocenters. The maximum atomic E-state index is 14.1. The fraction of sp³-hybridized carbons (Fsp3) is 0.333. The molecule has 0 aliphatic heterocycles. The smallest absolute Gasteiger partial charge is 0.264 e. The van der Waals surface area contributed by atoms with Gasteiger partial charge in [-0.25, -0.2) is 8.42 Å². The monoisotopic (exact) mass is 663 g/mol. The number of hydrogen-bond acceptors (Lipinski definition) is 5. The van der Waals surface area contributed by atoms with Gasteiger partial charge in [0.15, 0.2) is 0 Å². The van der Waals surface area contributed by atoms with E-state index in [1.54, 1.807) is 38.1 Å². The van der Waals surface area contributed by atoms with E-state index in [0.717, 1.165) is 20.8 Å². The number of carbonyl (C=O) groups is 2. The molecule has 0 unspecified atom stereocenters. The predicted molar refractivity (Wildman–Crippen MR) is 166 cm³/mol. The molecule has 3 aromatic carbocycles. The van der Waals surface area contributed by atoms with Crippen LogP contribution in [0.3, 0.4) is 0 Å². The Hall–Kier alpha value is -3.08. The van der Waals surface area contributed by atoms with Crippen molar-refractivity contribution in [2.45, 2.75) is 57.6 Å². The van der Waals surface area contributed by atoms with E-state index < -0.39 is 28.5 Å². The number of benzene rings is 3. The van der Waals surface area contributed by atoms with Gasteiger partial charge in [0.05, 0.1) is 17.2 Å². The van der Waals surface area contributed by atoms with Crippen LogP contribution in [0.15, 0.2) is 82.2 Å². The van der Waals surface area contributed by atoms with Crippen molar-refractivity contribution in [1.82, 2.24) is 10.2 Å². The lowest BCUT2D eigenvalue weighted by molar-refractivity contribution is -0.139. The zero-order chi connectivity index (χ0) is 30.2. The molecular weight excluding hydrogens is 630 g/mol. The lowest BCUT2D eigenvalue weighted by atomic mass is 10.1. The number of hydrogen-bond donors (Lipinski definition) is 1. The summed E-state index contributed by atoms with van der Waals surface area (Å²) in [6.07, 6.45) is 0.722. The van der Waals surface area contributed by atoms with Gasteiger partial charge in [0, 0.05) is 22.1 Å². The fourth-order valence-electron chi connectivity index (χ4n) is 4.07. The lowest BCUT2D eigenvalue weighted by Crippen LogP contribution is -2.52. The van der Waals surface area contributed by atoms with Gasteiger partial charge in [-0.2, -0.15) is 0 Å². The molecule has 11 heteroatoms. The van der Waals surface area contributed by atoms with Crippen molar-refractivity contribution >= 4 is 55.1 Å². The molecule has 0 saturated heterocycles. The summed E-state index contributed by atoms with van der Waals surface area (Å²) >= 11 is 9.47. The zero-order valence-corrected chi connectivity index (χ0v) is 26.7. The minimum absolute atomic E-state index is 0.0397. The molecule has 0 bridgehead atoms. The third-order valence-electron chi connectivity index (χ3n) is 6.52. The van der Waals surface area contributed by atoms with Gasteiger partial charge in [-0.05, 0) is 81.3 Å². The minimum atomic E-state index is -4.25. The molecule has 3 aromatic rings. The van der Waals surface area contributed by atoms with Crippen molar-refractivity contribution < 1.29 is 22.7 Å². The quantitative estimate of drug-likeness (QED) is 0.241. The summed E-state index contributed by atoms with van der Waals surface area (Å²) in [6.45, 7) is 7.09. The van der Waals surface area contributed by atoms with Gasteiger partial charge in [0.1, 0.15) is 18.3 Å². The SMILES string of the molecule is CCOc1ccccc1N(CC(=O)N(Cc1cccc(Br)c1)[C@@H](C)C(=O)N[C@@H](C)CC)S(=O)(=O)c1ccc(Cl)cc1. The van der Waals surface area contributed by atoms with Crippen LogP contribution in [0.2, 0.25) is 5.02 Å². The highest BCUT2D eigenvalue weighted by Crippen LogP contribution is 2.33. The number of para-hydroxylation sites is 2. The van der Waals surface area contributed by atoms with Crippen molar-refractivity contribution in [3.8, 4) is 5.75 Å². The van der Waals surface area contributed by atoms with E-state index in [9.17, 15) is 18.0 Å². The van der Waals surface area contributed by atoms with Crippen LogP contribution >= 0.6 is 27.5 Å². The Bertz CT molecular complexity index is 1450. The Balaban J connectivity index is 2.08. The molecule has 220 valence electrons. The van der Waals surface area contributed by atoms with E-state index in [4.69, 9.17) is 16.3 Å². The molecule has 2 amide bonds. The first-order chi connectivity index (χ1) is 19.5. The number of amides is 2. The Kier molecular flexibility index (Phi) is 11.6. The molecule has 0 aliphatic rings. The summed E-state index contributed by atoms with van der Waals surface area (Å²) in [5.74, 6) is -0.577. The number of anilines is 1. The number of halogens is 2. The van der Waals surface area contributed by atoms with E-state index >= 15 is 0 Å². The van der Waals surface area contributed by atoms with Crippen molar-refractivity contribution in [3.63, 3.8) is 0 Å². The standard InChI is InChI=1S/C30H35BrClN3O5S/c1-5-21(3)33-30(37)22(4)34(19-23-10-9-11-24(31)18-23)29(36)20-35(27-12-7-8-13-28(27)40-6-2)41(38,39)26-16-14-25(32)15-17-26/h7-18,21-22H,5-6,19-20H2,1-4H3,(H,33,37)/t21-,22-/m0/s1. The number of rotatable bonds is 13. The molecule has 0 radical (unpaired) electrons. The molecule has 0 fully saturated rings. The van der Waals surface area contributed by atoms with E-state index in [2.05, 4.69) is 21.2 Å². The normalized spacial score (nSPS) is 12.7. The van der Waals surface area contributed by atoms with Crippen molar-refractivity contribution in [2.75, 3.05) is 17.5 Å². The zero-order valence-electron chi connectivity index (χ0n) is 23.5. The van der Waals surface area contributed by atoms with Gasteiger partial charge < -0.3 is 15.0 Å². The summed E-state index contributed by atoms with van der Waals surface area (Å²) in [5, 5.41) is 3.31. The molecular formula is C30H35BrClN3O5S. The number of sulfonamides is 1. The first-order valence-corrected chi connectivity index (χ1v) is 15.9. The van der Waals surface area contributed by atoms with Crippen LogP contribution in [0.1, 0.15) is 39.7 Å². The minimum Gasteiger partial charge on any atom is -0.492 e. The van der Waals surface area contributed by atoms with Crippen LogP contribution in [0.5, 0.6) is 5.75 Å². The Labute approximate surface area is 255 Å². The Morgan fingerprint density at radius 3 is 2.32 bits per heavy atom. The Morgan fingerprint density at radius 1 is 1.00 bits per heavy atom. The molecule has 0 heterocycles. The number of nitrogens with zero attached hydrogens (tertiary/aromatic N) is 2. The maximum Gasteiger partial charge on any atom is 0.264 e. The van der Waals surface area contributed by atoms with Gasteiger partial charge in [-0.1, -0.05) is 58.7 Å². The van der Waals surface area contributed by atoms with Crippen LogP contribution in [0, 0.1) is 0 Å². The fourth-order valence-corrected chi connectivity index (χ4v) is 6.07. The molecule has 41 heavy (non-hydrogen) atoms. The average molecular weight is 665 g/mol. The number of carbonyl (C=O) groups excluding carboxylic acids is 2. The van der Waals surface area contributed by atoms with Gasteiger partial charge in [0.25, 0.3) is 10.0 Å². The first-order valence-electron chi connectivity index (χ1n) is 13.3. The second-order valence-corrected chi connectivity index (χ2v) is 12.7. The van der Waals surface area contributed by atoms with E-state index in [1.807, 2.05) is 38.1 Å². The molecule has 0 aliphatic carbocycles. The van der Waals surface area contributed by atoms with Gasteiger partial charge in [-0.3, -0.25) is 13.9 Å². The largest absolute Gasteiger partial charge is 0.492 e. The highest BCUT2D eigenvalue weighted by atomic mass is 79.9. The van der Waals surface area contributed by atoms with E-state index in [-0.39, 0.29) is 29.1 Å². The van der Waals surface area contributed by atoms with Crippen LogP contribution in [0.25, 0.3) is 0 Å². The third kappa shape index (κ3) is 8.47. The summed E-state index contributed by atoms with van der Waals surface area (Å²) in [6, 6.07) is 18.8. The second-order valence-electron chi connectivity index (χ2n) is 9.51. The van der Waals surface area contributed by atoms with Crippen molar-refractivity contribution in [2.24, 2.45) is 0 Å². The first kappa shape index (κ1) is 32.4. The second kappa shape index (κ2) is 14.7. The third-order valence-corrected chi connectivity index (χ3v) is 9.04.